The number of carbonyl (C=O) groups is 1. The van der Waals surface area contributed by atoms with E-state index in [9.17, 15) is 4.79 Å². The Morgan fingerprint density at radius 3 is 2.70 bits per heavy atom. The van der Waals surface area contributed by atoms with E-state index in [1.807, 2.05) is 49.4 Å². The molecule has 1 saturated heterocycles. The minimum atomic E-state index is 0.0340. The predicted octanol–water partition coefficient (Wildman–Crippen LogP) is 4.30. The lowest BCUT2D eigenvalue weighted by Gasteiger charge is -2.30. The SMILES string of the molecule is COc1cccc(Cc2nsc(N3CCC(C(=O)Nc4ccc(C)cc4)CC3)n2)c1. The van der Waals surface area contributed by atoms with Crippen LogP contribution in [0.1, 0.15) is 29.8 Å². The van der Waals surface area contributed by atoms with Gasteiger partial charge in [0, 0.05) is 42.6 Å². The maximum absolute atomic E-state index is 12.6. The summed E-state index contributed by atoms with van der Waals surface area (Å²) in [4.78, 5) is 19.6. The highest BCUT2D eigenvalue weighted by Gasteiger charge is 2.26. The van der Waals surface area contributed by atoms with Crippen LogP contribution >= 0.6 is 11.5 Å². The zero-order valence-corrected chi connectivity index (χ0v) is 18.1. The second kappa shape index (κ2) is 9.26. The summed E-state index contributed by atoms with van der Waals surface area (Å²) in [5, 5.41) is 3.98. The van der Waals surface area contributed by atoms with E-state index in [1.165, 1.54) is 17.1 Å². The van der Waals surface area contributed by atoms with Gasteiger partial charge >= 0.3 is 0 Å². The molecule has 1 aliphatic rings. The molecule has 7 heteroatoms. The molecule has 1 amide bonds. The summed E-state index contributed by atoms with van der Waals surface area (Å²) >= 11 is 1.43. The van der Waals surface area contributed by atoms with E-state index < -0.39 is 0 Å². The summed E-state index contributed by atoms with van der Waals surface area (Å²) in [5.41, 5.74) is 3.17. The van der Waals surface area contributed by atoms with Gasteiger partial charge in [-0.05, 0) is 49.6 Å². The summed E-state index contributed by atoms with van der Waals surface area (Å²) in [6.45, 7) is 3.68. The van der Waals surface area contributed by atoms with Crippen molar-refractivity contribution in [3.05, 3.63) is 65.5 Å². The van der Waals surface area contributed by atoms with E-state index in [1.54, 1.807) is 7.11 Å². The maximum atomic E-state index is 12.6. The van der Waals surface area contributed by atoms with Gasteiger partial charge < -0.3 is 15.0 Å². The Labute approximate surface area is 181 Å². The number of methoxy groups -OCH3 is 1. The van der Waals surface area contributed by atoms with Gasteiger partial charge in [-0.1, -0.05) is 29.8 Å². The van der Waals surface area contributed by atoms with Gasteiger partial charge in [-0.25, -0.2) is 4.98 Å². The Hall–Kier alpha value is -2.93. The molecule has 0 unspecified atom stereocenters. The topological polar surface area (TPSA) is 67.3 Å². The summed E-state index contributed by atoms with van der Waals surface area (Å²) in [6, 6.07) is 15.9. The number of amides is 1. The highest BCUT2D eigenvalue weighted by atomic mass is 32.1. The Kier molecular flexibility index (Phi) is 6.28. The van der Waals surface area contributed by atoms with Crippen LogP contribution in [0.25, 0.3) is 0 Å². The normalized spacial score (nSPS) is 14.5. The van der Waals surface area contributed by atoms with Crippen molar-refractivity contribution >= 4 is 28.3 Å². The van der Waals surface area contributed by atoms with E-state index in [0.29, 0.717) is 6.42 Å². The molecular formula is C23H26N4O2S. The quantitative estimate of drug-likeness (QED) is 0.641. The first-order chi connectivity index (χ1) is 14.6. The average molecular weight is 423 g/mol. The number of rotatable bonds is 6. The Morgan fingerprint density at radius 1 is 1.20 bits per heavy atom. The lowest BCUT2D eigenvalue weighted by molar-refractivity contribution is -0.120. The number of hydrogen-bond acceptors (Lipinski definition) is 6. The monoisotopic (exact) mass is 422 g/mol. The first kappa shape index (κ1) is 20.3. The average Bonchev–Trinajstić information content (AvgIpc) is 3.24. The molecule has 0 saturated carbocycles. The van der Waals surface area contributed by atoms with Crippen LogP contribution in [0.15, 0.2) is 48.5 Å². The van der Waals surface area contributed by atoms with Gasteiger partial charge in [0.15, 0.2) is 0 Å². The molecular weight excluding hydrogens is 396 g/mol. The van der Waals surface area contributed by atoms with Crippen LogP contribution in [-0.2, 0) is 11.2 Å². The molecule has 2 heterocycles. The van der Waals surface area contributed by atoms with Crippen molar-refractivity contribution in [3.8, 4) is 5.75 Å². The van der Waals surface area contributed by atoms with Crippen LogP contribution < -0.4 is 15.0 Å². The largest absolute Gasteiger partial charge is 0.497 e. The van der Waals surface area contributed by atoms with Crippen molar-refractivity contribution in [2.24, 2.45) is 5.92 Å². The molecule has 3 aromatic rings. The van der Waals surface area contributed by atoms with Gasteiger partial charge in [-0.3, -0.25) is 4.79 Å². The lowest BCUT2D eigenvalue weighted by Crippen LogP contribution is -2.38. The molecule has 1 aromatic heterocycles. The minimum Gasteiger partial charge on any atom is -0.497 e. The highest BCUT2D eigenvalue weighted by Crippen LogP contribution is 2.26. The summed E-state index contributed by atoms with van der Waals surface area (Å²) in [6.07, 6.45) is 2.33. The number of anilines is 2. The molecule has 156 valence electrons. The first-order valence-electron chi connectivity index (χ1n) is 10.2. The van der Waals surface area contributed by atoms with Crippen molar-refractivity contribution in [2.45, 2.75) is 26.2 Å². The molecule has 1 N–H and O–H groups in total. The van der Waals surface area contributed by atoms with Crippen molar-refractivity contribution in [1.29, 1.82) is 0 Å². The van der Waals surface area contributed by atoms with Crippen molar-refractivity contribution in [2.75, 3.05) is 30.4 Å². The Bertz CT molecular complexity index is 994. The van der Waals surface area contributed by atoms with Gasteiger partial charge in [-0.2, -0.15) is 4.37 Å². The molecule has 1 fully saturated rings. The van der Waals surface area contributed by atoms with Crippen molar-refractivity contribution < 1.29 is 9.53 Å². The number of piperidine rings is 1. The molecule has 2 aromatic carbocycles. The Morgan fingerprint density at radius 2 is 1.97 bits per heavy atom. The second-order valence-electron chi connectivity index (χ2n) is 7.64. The van der Waals surface area contributed by atoms with Crippen LogP contribution in [0, 0.1) is 12.8 Å². The number of nitrogens with one attached hydrogen (secondary N) is 1. The van der Waals surface area contributed by atoms with Crippen molar-refractivity contribution in [1.82, 2.24) is 9.36 Å². The molecule has 30 heavy (non-hydrogen) atoms. The smallest absolute Gasteiger partial charge is 0.227 e. The van der Waals surface area contributed by atoms with E-state index in [2.05, 4.69) is 20.7 Å². The van der Waals surface area contributed by atoms with E-state index in [4.69, 9.17) is 9.72 Å². The second-order valence-corrected chi connectivity index (χ2v) is 8.37. The van der Waals surface area contributed by atoms with Gasteiger partial charge in [-0.15, -0.1) is 0 Å². The lowest BCUT2D eigenvalue weighted by atomic mass is 9.96. The minimum absolute atomic E-state index is 0.0340. The maximum Gasteiger partial charge on any atom is 0.227 e. The number of nitrogens with zero attached hydrogens (tertiary/aromatic N) is 3. The molecule has 0 spiro atoms. The summed E-state index contributed by atoms with van der Waals surface area (Å²) < 4.78 is 9.81. The standard InChI is InChI=1S/C23H26N4O2S/c1-16-6-8-19(9-7-16)24-22(28)18-10-12-27(13-11-18)23-25-21(26-30-23)15-17-4-3-5-20(14-17)29-2/h3-9,14,18H,10-13,15H2,1-2H3,(H,24,28). The molecule has 0 aliphatic carbocycles. The van der Waals surface area contributed by atoms with E-state index in [-0.39, 0.29) is 11.8 Å². The third-order valence-corrected chi connectivity index (χ3v) is 6.22. The molecule has 4 rings (SSSR count). The third-order valence-electron chi connectivity index (χ3n) is 5.41. The molecule has 6 nitrogen and oxygen atoms in total. The fraction of sp³-hybridized carbons (Fsp3) is 0.348. The van der Waals surface area contributed by atoms with Crippen LogP contribution in [0.4, 0.5) is 10.8 Å². The van der Waals surface area contributed by atoms with E-state index in [0.717, 1.165) is 53.9 Å². The molecule has 0 bridgehead atoms. The predicted molar refractivity (Wildman–Crippen MR) is 120 cm³/mol. The van der Waals surface area contributed by atoms with E-state index >= 15 is 0 Å². The number of carbonyl (C=O) groups excluding carboxylic acids is 1. The molecule has 0 radical (unpaired) electrons. The van der Waals surface area contributed by atoms with Crippen LogP contribution in [0.5, 0.6) is 5.75 Å². The first-order valence-corrected chi connectivity index (χ1v) is 11.0. The number of aryl methyl sites for hydroxylation is 1. The van der Waals surface area contributed by atoms with Crippen LogP contribution in [0.3, 0.4) is 0 Å². The van der Waals surface area contributed by atoms with Gasteiger partial charge in [0.25, 0.3) is 0 Å². The number of hydrogen-bond donors (Lipinski definition) is 1. The molecule has 0 atom stereocenters. The summed E-state index contributed by atoms with van der Waals surface area (Å²) in [5.74, 6) is 1.80. The highest BCUT2D eigenvalue weighted by molar-refractivity contribution is 7.09. The van der Waals surface area contributed by atoms with Crippen molar-refractivity contribution in [3.63, 3.8) is 0 Å². The van der Waals surface area contributed by atoms with Gasteiger partial charge in [0.05, 0.1) is 7.11 Å². The fourth-order valence-electron chi connectivity index (χ4n) is 3.62. The number of ether oxygens (including phenoxy) is 1. The fourth-order valence-corrected chi connectivity index (χ4v) is 4.36. The van der Waals surface area contributed by atoms with Gasteiger partial charge in [0.2, 0.25) is 11.0 Å². The summed E-state index contributed by atoms with van der Waals surface area (Å²) in [7, 11) is 1.67. The Balaban J connectivity index is 1.31. The zero-order chi connectivity index (χ0) is 20.9. The molecule has 1 aliphatic heterocycles. The number of aromatic nitrogens is 2. The van der Waals surface area contributed by atoms with Gasteiger partial charge in [0.1, 0.15) is 11.6 Å². The zero-order valence-electron chi connectivity index (χ0n) is 17.3. The van der Waals surface area contributed by atoms with Crippen LogP contribution in [-0.4, -0.2) is 35.5 Å². The number of benzene rings is 2. The third kappa shape index (κ3) is 4.97. The van der Waals surface area contributed by atoms with Crippen LogP contribution in [0.2, 0.25) is 0 Å².